The largest absolute Gasteiger partial charge is 0.464 e. The maximum absolute atomic E-state index is 12.5. The van der Waals surface area contributed by atoms with Crippen molar-refractivity contribution in [2.75, 3.05) is 24.4 Å². The minimum Gasteiger partial charge on any atom is -0.464 e. The zero-order valence-corrected chi connectivity index (χ0v) is 20.7. The Hall–Kier alpha value is -5.01. The molecule has 182 valence electrons. The summed E-state index contributed by atoms with van der Waals surface area (Å²) >= 11 is 1.43. The van der Waals surface area contributed by atoms with Gasteiger partial charge >= 0.3 is 5.97 Å². The van der Waals surface area contributed by atoms with Crippen LogP contribution in [0, 0.1) is 11.3 Å². The Morgan fingerprint density at radius 1 is 1.11 bits per heavy atom. The van der Waals surface area contributed by atoms with Gasteiger partial charge in [-0.2, -0.15) is 5.26 Å². The molecule has 0 aliphatic carbocycles. The highest BCUT2D eigenvalue weighted by atomic mass is 32.1. The molecule has 0 bridgehead atoms. The molecule has 2 heterocycles. The number of rotatable bonds is 6. The second-order valence-corrected chi connectivity index (χ2v) is 8.90. The summed E-state index contributed by atoms with van der Waals surface area (Å²) in [6, 6.07) is 22.7. The number of aromatic amines is 1. The number of methoxy groups -OCH3 is 1. The van der Waals surface area contributed by atoms with E-state index in [0.29, 0.717) is 27.4 Å². The molecule has 9 nitrogen and oxygen atoms in total. The third-order valence-electron chi connectivity index (χ3n) is 5.75. The fraction of sp³-hybridized carbons (Fsp3) is 0.0741. The van der Waals surface area contributed by atoms with Gasteiger partial charge in [-0.05, 0) is 36.4 Å². The van der Waals surface area contributed by atoms with Crippen molar-refractivity contribution < 1.29 is 9.53 Å². The van der Waals surface area contributed by atoms with E-state index >= 15 is 0 Å². The van der Waals surface area contributed by atoms with Gasteiger partial charge in [0.1, 0.15) is 0 Å². The number of thiazole rings is 1. The number of ether oxygens (including phenoxy) is 1. The van der Waals surface area contributed by atoms with Crippen molar-refractivity contribution >= 4 is 50.5 Å². The summed E-state index contributed by atoms with van der Waals surface area (Å²) in [6.45, 7) is 0. The average molecular weight is 509 g/mol. The molecule has 0 saturated heterocycles. The molecule has 2 N–H and O–H groups in total. The van der Waals surface area contributed by atoms with E-state index in [4.69, 9.17) is 15.0 Å². The number of para-hydroxylation sites is 1. The number of hydrogen-bond acceptors (Lipinski definition) is 9. The highest BCUT2D eigenvalue weighted by Gasteiger charge is 2.18. The fourth-order valence-electron chi connectivity index (χ4n) is 3.82. The molecule has 0 aliphatic rings. The second kappa shape index (κ2) is 9.93. The predicted octanol–water partition coefficient (Wildman–Crippen LogP) is 5.22. The number of hydrogen-bond donors (Lipinski definition) is 2. The lowest BCUT2D eigenvalue weighted by atomic mass is 10.1. The lowest BCUT2D eigenvalue weighted by Gasteiger charge is -2.23. The molecule has 5 rings (SSSR count). The van der Waals surface area contributed by atoms with Crippen LogP contribution in [-0.2, 0) is 4.74 Å². The van der Waals surface area contributed by atoms with E-state index < -0.39 is 11.5 Å². The first-order valence-electron chi connectivity index (χ1n) is 11.1. The summed E-state index contributed by atoms with van der Waals surface area (Å²) in [6.07, 6.45) is 0. The Morgan fingerprint density at radius 2 is 1.86 bits per heavy atom. The number of anilines is 4. The lowest BCUT2D eigenvalue weighted by Crippen LogP contribution is -2.21. The fourth-order valence-corrected chi connectivity index (χ4v) is 4.55. The van der Waals surface area contributed by atoms with Gasteiger partial charge in [0.15, 0.2) is 5.13 Å². The van der Waals surface area contributed by atoms with Gasteiger partial charge < -0.3 is 19.9 Å². The lowest BCUT2D eigenvalue weighted by molar-refractivity contribution is 0.0592. The molecule has 0 unspecified atom stereocenters. The quantitative estimate of drug-likeness (QED) is 0.299. The number of H-pyrrole nitrogens is 1. The number of benzene rings is 3. The number of carbonyl (C=O) groups is 1. The molecule has 0 atom stereocenters. The van der Waals surface area contributed by atoms with Gasteiger partial charge in [0, 0.05) is 23.7 Å². The molecule has 2 aromatic heterocycles. The SMILES string of the molecule is COC(=O)c1nc2cc(N(C)c3ccccc3)c(Nc3nc(-c4ccc(C#N)cc4)cs3)cc2[nH]c1=O. The summed E-state index contributed by atoms with van der Waals surface area (Å²) in [5.41, 5.74) is 4.56. The molecule has 0 radical (unpaired) electrons. The van der Waals surface area contributed by atoms with Crippen molar-refractivity contribution in [2.45, 2.75) is 0 Å². The van der Waals surface area contributed by atoms with Gasteiger partial charge in [0.25, 0.3) is 5.56 Å². The summed E-state index contributed by atoms with van der Waals surface area (Å²) in [7, 11) is 3.12. The Labute approximate surface area is 215 Å². The number of esters is 1. The molecule has 37 heavy (non-hydrogen) atoms. The van der Waals surface area contributed by atoms with Crippen LogP contribution in [0.25, 0.3) is 22.3 Å². The van der Waals surface area contributed by atoms with Gasteiger partial charge in [-0.25, -0.2) is 14.8 Å². The molecule has 0 fully saturated rings. The Balaban J connectivity index is 1.58. The molecule has 3 aromatic carbocycles. The smallest absolute Gasteiger partial charge is 0.362 e. The van der Waals surface area contributed by atoms with Gasteiger partial charge in [-0.3, -0.25) is 4.79 Å². The molecule has 0 aliphatic heterocycles. The monoisotopic (exact) mass is 508 g/mol. The van der Waals surface area contributed by atoms with E-state index in [-0.39, 0.29) is 5.69 Å². The molecule has 10 heteroatoms. The van der Waals surface area contributed by atoms with E-state index in [1.54, 1.807) is 24.3 Å². The van der Waals surface area contributed by atoms with Gasteiger partial charge in [-0.15, -0.1) is 11.3 Å². The summed E-state index contributed by atoms with van der Waals surface area (Å²) < 4.78 is 4.70. The van der Waals surface area contributed by atoms with Crippen LogP contribution < -0.4 is 15.8 Å². The highest BCUT2D eigenvalue weighted by Crippen LogP contribution is 2.36. The minimum absolute atomic E-state index is 0.309. The summed E-state index contributed by atoms with van der Waals surface area (Å²) in [5, 5.41) is 15.0. The Morgan fingerprint density at radius 3 is 2.57 bits per heavy atom. The van der Waals surface area contributed by atoms with Crippen molar-refractivity contribution in [3.05, 3.63) is 93.7 Å². The van der Waals surface area contributed by atoms with Crippen LogP contribution in [0.2, 0.25) is 0 Å². The summed E-state index contributed by atoms with van der Waals surface area (Å²) in [4.78, 5) is 38.2. The van der Waals surface area contributed by atoms with E-state index in [9.17, 15) is 9.59 Å². The first-order valence-corrected chi connectivity index (χ1v) is 12.0. The topological polar surface area (TPSA) is 124 Å². The number of nitrogens with zero attached hydrogens (tertiary/aromatic N) is 4. The maximum atomic E-state index is 12.5. The first-order chi connectivity index (χ1) is 18.0. The normalized spacial score (nSPS) is 10.6. The zero-order valence-electron chi connectivity index (χ0n) is 19.9. The number of carbonyl (C=O) groups excluding carboxylic acids is 1. The van der Waals surface area contributed by atoms with Crippen LogP contribution in [0.4, 0.5) is 22.2 Å². The summed E-state index contributed by atoms with van der Waals surface area (Å²) in [5.74, 6) is -0.804. The average Bonchev–Trinajstić information content (AvgIpc) is 3.40. The highest BCUT2D eigenvalue weighted by molar-refractivity contribution is 7.14. The Kier molecular flexibility index (Phi) is 6.36. The number of nitrogens with one attached hydrogen (secondary N) is 2. The van der Waals surface area contributed by atoms with Gasteiger partial charge in [0.05, 0.1) is 46.8 Å². The Bertz CT molecular complexity index is 1710. The van der Waals surface area contributed by atoms with Gasteiger partial charge in [-0.1, -0.05) is 30.3 Å². The molecular formula is C27H20N6O3S. The van der Waals surface area contributed by atoms with Crippen LogP contribution in [0.1, 0.15) is 16.1 Å². The van der Waals surface area contributed by atoms with E-state index in [1.165, 1.54) is 18.4 Å². The van der Waals surface area contributed by atoms with E-state index in [2.05, 4.69) is 21.4 Å². The van der Waals surface area contributed by atoms with Gasteiger partial charge in [0.2, 0.25) is 5.69 Å². The van der Waals surface area contributed by atoms with Crippen LogP contribution in [0.15, 0.2) is 76.9 Å². The van der Waals surface area contributed by atoms with E-state index in [1.807, 2.05) is 59.8 Å². The van der Waals surface area contributed by atoms with Crippen molar-refractivity contribution in [1.29, 1.82) is 5.26 Å². The number of nitriles is 1. The molecule has 0 amide bonds. The van der Waals surface area contributed by atoms with E-state index in [0.717, 1.165) is 22.6 Å². The van der Waals surface area contributed by atoms with Crippen LogP contribution in [0.5, 0.6) is 0 Å². The molecule has 5 aromatic rings. The number of fused-ring (bicyclic) bond motifs is 1. The van der Waals surface area contributed by atoms with Crippen molar-refractivity contribution in [3.63, 3.8) is 0 Å². The minimum atomic E-state index is -0.804. The third-order valence-corrected chi connectivity index (χ3v) is 6.51. The molecular weight excluding hydrogens is 488 g/mol. The standard InChI is InChI=1S/C27H20N6O3S/c1-33(18-6-4-3-5-7-18)23-13-20-19(30-25(34)24(29-20)26(35)36-2)12-21(23)31-27-32-22(15-37-27)17-10-8-16(14-28)9-11-17/h3-13,15H,1-2H3,(H,30,34)(H,31,32). The van der Waals surface area contributed by atoms with Crippen LogP contribution in [-0.4, -0.2) is 35.1 Å². The van der Waals surface area contributed by atoms with Crippen LogP contribution in [0.3, 0.4) is 0 Å². The predicted molar refractivity (Wildman–Crippen MR) is 144 cm³/mol. The number of aromatic nitrogens is 3. The molecule has 0 spiro atoms. The van der Waals surface area contributed by atoms with Crippen LogP contribution >= 0.6 is 11.3 Å². The maximum Gasteiger partial charge on any atom is 0.362 e. The van der Waals surface area contributed by atoms with Crippen molar-refractivity contribution in [2.24, 2.45) is 0 Å². The molecule has 0 saturated carbocycles. The van der Waals surface area contributed by atoms with Crippen molar-refractivity contribution in [1.82, 2.24) is 15.0 Å². The zero-order chi connectivity index (χ0) is 25.9. The van der Waals surface area contributed by atoms with Crippen molar-refractivity contribution in [3.8, 4) is 17.3 Å². The first kappa shape index (κ1) is 23.7. The third kappa shape index (κ3) is 4.76. The second-order valence-electron chi connectivity index (χ2n) is 8.04.